The minimum Gasteiger partial charge on any atom is -0.466 e. The van der Waals surface area contributed by atoms with E-state index in [1.165, 1.54) is 167 Å². The molecule has 2 atom stereocenters. The summed E-state index contributed by atoms with van der Waals surface area (Å²) in [5.74, 6) is -0.139. The number of esters is 1. The van der Waals surface area contributed by atoms with Crippen LogP contribution in [0.1, 0.15) is 271 Å². The summed E-state index contributed by atoms with van der Waals surface area (Å²) in [6.45, 7) is 4.82. The average Bonchev–Trinajstić information content (AvgIpc) is 3.22. The van der Waals surface area contributed by atoms with Gasteiger partial charge in [0.15, 0.2) is 0 Å². The number of carbonyl (C=O) groups is 2. The Balaban J connectivity index is 3.56. The van der Waals surface area contributed by atoms with Crippen molar-refractivity contribution in [1.82, 2.24) is 5.32 Å². The van der Waals surface area contributed by atoms with E-state index >= 15 is 0 Å². The number of aliphatic hydroxyl groups excluding tert-OH is 2. The van der Waals surface area contributed by atoms with Crippen LogP contribution in [0.3, 0.4) is 0 Å². The average molecular weight is 818 g/mol. The second-order valence-corrected chi connectivity index (χ2v) is 17.5. The molecule has 342 valence electrons. The van der Waals surface area contributed by atoms with E-state index in [9.17, 15) is 19.8 Å². The molecule has 1 amide bonds. The molecule has 0 aromatic carbocycles. The van der Waals surface area contributed by atoms with Crippen LogP contribution in [0.25, 0.3) is 0 Å². The van der Waals surface area contributed by atoms with E-state index in [4.69, 9.17) is 4.74 Å². The Morgan fingerprint density at radius 1 is 0.466 bits per heavy atom. The van der Waals surface area contributed by atoms with Crippen molar-refractivity contribution in [2.45, 2.75) is 283 Å². The topological polar surface area (TPSA) is 95.9 Å². The molecule has 0 rings (SSSR count). The van der Waals surface area contributed by atoms with Crippen LogP contribution >= 0.6 is 0 Å². The van der Waals surface area contributed by atoms with E-state index in [1.807, 2.05) is 6.08 Å². The van der Waals surface area contributed by atoms with Gasteiger partial charge in [0.2, 0.25) is 5.91 Å². The predicted molar refractivity (Wildman–Crippen MR) is 250 cm³/mol. The molecule has 58 heavy (non-hydrogen) atoms. The molecular weight excluding hydrogens is 719 g/mol. The second kappa shape index (κ2) is 48.0. The Kier molecular flexibility index (Phi) is 46.6. The highest BCUT2D eigenvalue weighted by Gasteiger charge is 2.18. The fourth-order valence-corrected chi connectivity index (χ4v) is 7.74. The van der Waals surface area contributed by atoms with E-state index in [0.29, 0.717) is 19.4 Å². The van der Waals surface area contributed by atoms with Crippen molar-refractivity contribution in [2.24, 2.45) is 0 Å². The third kappa shape index (κ3) is 43.9. The van der Waals surface area contributed by atoms with E-state index in [-0.39, 0.29) is 18.5 Å². The summed E-state index contributed by atoms with van der Waals surface area (Å²) in [6, 6.07) is -0.652. The molecule has 0 aliphatic rings. The second-order valence-electron chi connectivity index (χ2n) is 17.5. The predicted octanol–water partition coefficient (Wildman–Crippen LogP) is 15.1. The van der Waals surface area contributed by atoms with Crippen LogP contribution in [-0.2, 0) is 14.3 Å². The highest BCUT2D eigenvalue weighted by atomic mass is 16.5. The van der Waals surface area contributed by atoms with E-state index in [1.54, 1.807) is 6.08 Å². The molecule has 2 unspecified atom stereocenters. The van der Waals surface area contributed by atoms with Crippen LogP contribution in [-0.4, -0.2) is 47.4 Å². The summed E-state index contributed by atoms with van der Waals surface area (Å²) in [7, 11) is 0. The number of carbonyl (C=O) groups excluding carboxylic acids is 2. The lowest BCUT2D eigenvalue weighted by molar-refractivity contribution is -0.143. The smallest absolute Gasteiger partial charge is 0.305 e. The van der Waals surface area contributed by atoms with Crippen molar-refractivity contribution in [3.63, 3.8) is 0 Å². The van der Waals surface area contributed by atoms with Gasteiger partial charge in [0.05, 0.1) is 25.4 Å². The van der Waals surface area contributed by atoms with Gasteiger partial charge in [-0.2, -0.15) is 0 Å². The van der Waals surface area contributed by atoms with Crippen molar-refractivity contribution in [3.05, 3.63) is 24.3 Å². The molecule has 0 heterocycles. The van der Waals surface area contributed by atoms with Gasteiger partial charge < -0.3 is 20.3 Å². The molecule has 0 aromatic rings. The quantitative estimate of drug-likeness (QED) is 0.0323. The minimum absolute atomic E-state index is 0.0363. The van der Waals surface area contributed by atoms with Crippen molar-refractivity contribution in [1.29, 1.82) is 0 Å². The summed E-state index contributed by atoms with van der Waals surface area (Å²) < 4.78 is 5.43. The van der Waals surface area contributed by atoms with Crippen LogP contribution in [0.4, 0.5) is 0 Å². The normalized spacial score (nSPS) is 12.8. The zero-order chi connectivity index (χ0) is 42.3. The third-order valence-corrected chi connectivity index (χ3v) is 11.7. The largest absolute Gasteiger partial charge is 0.466 e. The number of rotatable bonds is 47. The third-order valence-electron chi connectivity index (χ3n) is 11.7. The molecule has 0 bridgehead atoms. The van der Waals surface area contributed by atoms with Crippen molar-refractivity contribution in [3.8, 4) is 0 Å². The van der Waals surface area contributed by atoms with Crippen LogP contribution in [0, 0.1) is 0 Å². The first kappa shape index (κ1) is 56.3. The fourth-order valence-electron chi connectivity index (χ4n) is 7.74. The van der Waals surface area contributed by atoms with Crippen LogP contribution in [0.15, 0.2) is 24.3 Å². The highest BCUT2D eigenvalue weighted by Crippen LogP contribution is 2.16. The SMILES string of the molecule is CCCCCCCCCCCCCCCCC/C=C/C(O)C(CO)NC(=O)CCCCCC/C=C\CCCCOC(=O)CCCCCCCCCCCCCCCC. The van der Waals surface area contributed by atoms with E-state index < -0.39 is 12.1 Å². The van der Waals surface area contributed by atoms with Crippen LogP contribution < -0.4 is 5.32 Å². The zero-order valence-corrected chi connectivity index (χ0v) is 38.8. The lowest BCUT2D eigenvalue weighted by atomic mass is 10.0. The van der Waals surface area contributed by atoms with Crippen molar-refractivity contribution < 1.29 is 24.5 Å². The molecule has 3 N–H and O–H groups in total. The summed E-state index contributed by atoms with van der Waals surface area (Å²) in [4.78, 5) is 24.4. The Morgan fingerprint density at radius 2 is 0.810 bits per heavy atom. The molecule has 6 nitrogen and oxygen atoms in total. The molecule has 0 saturated heterocycles. The Morgan fingerprint density at radius 3 is 1.22 bits per heavy atom. The molecule has 0 aliphatic heterocycles. The van der Waals surface area contributed by atoms with Gasteiger partial charge in [-0.1, -0.05) is 224 Å². The van der Waals surface area contributed by atoms with Gasteiger partial charge in [-0.3, -0.25) is 9.59 Å². The maximum atomic E-state index is 12.4. The first-order chi connectivity index (χ1) is 28.5. The number of aliphatic hydroxyl groups is 2. The molecule has 0 saturated carbocycles. The molecule has 0 radical (unpaired) electrons. The lowest BCUT2D eigenvalue weighted by Crippen LogP contribution is -2.45. The molecule has 0 aromatic heterocycles. The summed E-state index contributed by atoms with van der Waals surface area (Å²) in [5, 5.41) is 23.0. The number of unbranched alkanes of at least 4 members (excludes halogenated alkanes) is 34. The molecule has 6 heteroatoms. The summed E-state index contributed by atoms with van der Waals surface area (Å²) >= 11 is 0. The lowest BCUT2D eigenvalue weighted by Gasteiger charge is -2.20. The number of nitrogens with one attached hydrogen (secondary N) is 1. The van der Waals surface area contributed by atoms with Gasteiger partial charge in [-0.05, 0) is 57.8 Å². The molecular formula is C52H99NO5. The van der Waals surface area contributed by atoms with Gasteiger partial charge in [0.25, 0.3) is 0 Å². The van der Waals surface area contributed by atoms with Gasteiger partial charge in [0.1, 0.15) is 0 Å². The Hall–Kier alpha value is -1.66. The van der Waals surface area contributed by atoms with Gasteiger partial charge in [-0.25, -0.2) is 0 Å². The molecule has 0 spiro atoms. The molecule has 0 aliphatic carbocycles. The van der Waals surface area contributed by atoms with E-state index in [2.05, 4.69) is 31.3 Å². The highest BCUT2D eigenvalue weighted by molar-refractivity contribution is 5.76. The monoisotopic (exact) mass is 818 g/mol. The minimum atomic E-state index is -0.865. The maximum Gasteiger partial charge on any atom is 0.305 e. The van der Waals surface area contributed by atoms with Gasteiger partial charge in [0, 0.05) is 12.8 Å². The Bertz CT molecular complexity index is 904. The van der Waals surface area contributed by atoms with E-state index in [0.717, 1.165) is 77.0 Å². The summed E-state index contributed by atoms with van der Waals surface area (Å²) in [5.41, 5.74) is 0. The van der Waals surface area contributed by atoms with Gasteiger partial charge >= 0.3 is 5.97 Å². The maximum absolute atomic E-state index is 12.4. The van der Waals surface area contributed by atoms with Gasteiger partial charge in [-0.15, -0.1) is 0 Å². The first-order valence-corrected chi connectivity index (χ1v) is 25.6. The number of amides is 1. The number of allylic oxidation sites excluding steroid dienone is 3. The van der Waals surface area contributed by atoms with Crippen LogP contribution in [0.2, 0.25) is 0 Å². The molecule has 0 fully saturated rings. The van der Waals surface area contributed by atoms with Crippen LogP contribution in [0.5, 0.6) is 0 Å². The zero-order valence-electron chi connectivity index (χ0n) is 38.8. The Labute approximate surface area is 361 Å². The number of hydrogen-bond acceptors (Lipinski definition) is 5. The number of ether oxygens (including phenoxy) is 1. The first-order valence-electron chi connectivity index (χ1n) is 25.6. The van der Waals surface area contributed by atoms with Crippen molar-refractivity contribution >= 4 is 11.9 Å². The summed E-state index contributed by atoms with van der Waals surface area (Å²) in [6.07, 6.45) is 56.1. The van der Waals surface area contributed by atoms with Crippen molar-refractivity contribution in [2.75, 3.05) is 13.2 Å². The standard InChI is InChI=1S/C52H99NO5/c1-3-5-7-9-11-13-15-17-19-20-21-22-24-28-32-36-40-44-50(55)49(48-54)53-51(56)45-41-37-33-29-26-27-31-35-39-43-47-58-52(57)46-42-38-34-30-25-23-18-16-14-12-10-8-6-4-2/h27,31,40,44,49-50,54-55H,3-26,28-30,32-39,41-43,45-48H2,1-2H3,(H,53,56)/b31-27-,44-40+. The number of hydrogen-bond donors (Lipinski definition) is 3. The fraction of sp³-hybridized carbons (Fsp3) is 0.885.